The molecule has 0 atom stereocenters. The lowest BCUT2D eigenvalue weighted by molar-refractivity contribution is 0.454. The quantitative estimate of drug-likeness (QED) is 0.445. The molecule has 0 rings (SSSR count). The number of nitrogens with one attached hydrogen (secondary N) is 1. The fraction of sp³-hybridized carbons (Fsp3) is 1.00. The molecule has 0 aliphatic rings. The zero-order valence-corrected chi connectivity index (χ0v) is 10.7. The van der Waals surface area contributed by atoms with E-state index in [1.807, 2.05) is 0 Å². The van der Waals surface area contributed by atoms with E-state index in [-0.39, 0.29) is 13.1 Å². The summed E-state index contributed by atoms with van der Waals surface area (Å²) in [6.45, 7) is 0.423. The minimum absolute atomic E-state index is 0.242. The van der Waals surface area contributed by atoms with E-state index in [0.29, 0.717) is 13.0 Å². The summed E-state index contributed by atoms with van der Waals surface area (Å²) in [6.07, 6.45) is 0.534. The maximum atomic E-state index is 11.5. The molecule has 0 aliphatic heterocycles. The second-order valence-electron chi connectivity index (χ2n) is 3.23. The largest absolute Gasteiger partial charge is 0.330 e. The molecule has 10 heteroatoms. The highest BCUT2D eigenvalue weighted by atomic mass is 32.2. The van der Waals surface area contributed by atoms with Gasteiger partial charge in [-0.25, -0.2) is 18.3 Å². The van der Waals surface area contributed by atoms with Crippen molar-refractivity contribution in [3.05, 3.63) is 0 Å². The summed E-state index contributed by atoms with van der Waals surface area (Å²) in [7, 11) is -5.92. The van der Waals surface area contributed by atoms with E-state index >= 15 is 0 Å². The van der Waals surface area contributed by atoms with Gasteiger partial charge in [-0.3, -0.25) is 0 Å². The lowest BCUT2D eigenvalue weighted by atomic mass is 10.4. The van der Waals surface area contributed by atoms with E-state index in [2.05, 4.69) is 4.72 Å². The summed E-state index contributed by atoms with van der Waals surface area (Å²) in [5, 5.41) is 4.73. The molecule has 5 N–H and O–H groups in total. The highest BCUT2D eigenvalue weighted by Gasteiger charge is 2.16. The minimum Gasteiger partial charge on any atom is -0.330 e. The first-order chi connectivity index (χ1) is 7.19. The standard InChI is InChI=1S/C6H18N4O4S2/c1-10(5-2-3-7)16(13,14)9-4-6-15(8,11)12/h9H,2-7H2,1H3,(H2,8,11,12). The van der Waals surface area contributed by atoms with Crippen LogP contribution in [0.3, 0.4) is 0 Å². The summed E-state index contributed by atoms with van der Waals surface area (Å²) < 4.78 is 47.3. The van der Waals surface area contributed by atoms with Gasteiger partial charge in [-0.05, 0) is 13.0 Å². The molecule has 0 unspecified atom stereocenters. The molecular weight excluding hydrogens is 256 g/mol. The zero-order valence-electron chi connectivity index (χ0n) is 9.09. The average Bonchev–Trinajstić information content (AvgIpc) is 2.11. The smallest absolute Gasteiger partial charge is 0.279 e. The number of nitrogens with two attached hydrogens (primary N) is 2. The van der Waals surface area contributed by atoms with E-state index in [9.17, 15) is 16.8 Å². The van der Waals surface area contributed by atoms with E-state index < -0.39 is 26.0 Å². The van der Waals surface area contributed by atoms with Crippen LogP contribution in [0.15, 0.2) is 0 Å². The van der Waals surface area contributed by atoms with Crippen LogP contribution in [0.5, 0.6) is 0 Å². The SMILES string of the molecule is CN(CCCN)S(=O)(=O)NCCS(N)(=O)=O. The molecule has 0 aromatic heterocycles. The van der Waals surface area contributed by atoms with E-state index in [4.69, 9.17) is 10.9 Å². The summed E-state index contributed by atoms with van der Waals surface area (Å²) >= 11 is 0. The predicted molar refractivity (Wildman–Crippen MR) is 61.2 cm³/mol. The van der Waals surface area contributed by atoms with Crippen LogP contribution in [0, 0.1) is 0 Å². The normalized spacial score (nSPS) is 13.2. The monoisotopic (exact) mass is 274 g/mol. The molecule has 0 saturated heterocycles. The molecule has 0 aromatic carbocycles. The third-order valence-corrected chi connectivity index (χ3v) is 4.10. The van der Waals surface area contributed by atoms with Crippen molar-refractivity contribution in [3.63, 3.8) is 0 Å². The molecule has 8 nitrogen and oxygen atoms in total. The molecule has 0 radical (unpaired) electrons. The first kappa shape index (κ1) is 15.7. The predicted octanol–water partition coefficient (Wildman–Crippen LogP) is -2.61. The summed E-state index contributed by atoms with van der Waals surface area (Å²) in [5.41, 5.74) is 5.24. The first-order valence-electron chi connectivity index (χ1n) is 4.60. The van der Waals surface area contributed by atoms with Gasteiger partial charge in [0, 0.05) is 20.1 Å². The van der Waals surface area contributed by atoms with Crippen LogP contribution in [-0.4, -0.2) is 53.6 Å². The van der Waals surface area contributed by atoms with Crippen molar-refractivity contribution in [2.75, 3.05) is 32.4 Å². The Hall–Kier alpha value is -0.260. The van der Waals surface area contributed by atoms with Gasteiger partial charge >= 0.3 is 0 Å². The fourth-order valence-corrected chi connectivity index (χ4v) is 2.32. The van der Waals surface area contributed by atoms with Crippen molar-refractivity contribution in [1.82, 2.24) is 9.03 Å². The Bertz CT molecular complexity index is 391. The maximum Gasteiger partial charge on any atom is 0.279 e. The number of rotatable bonds is 8. The van der Waals surface area contributed by atoms with E-state index in [1.54, 1.807) is 0 Å². The zero-order chi connectivity index (χ0) is 12.8. The number of sulfonamides is 1. The van der Waals surface area contributed by atoms with Crippen LogP contribution in [0.25, 0.3) is 0 Å². The molecule has 0 aliphatic carbocycles. The van der Waals surface area contributed by atoms with E-state index in [1.165, 1.54) is 7.05 Å². The van der Waals surface area contributed by atoms with Gasteiger partial charge in [0.2, 0.25) is 10.0 Å². The third kappa shape index (κ3) is 7.09. The van der Waals surface area contributed by atoms with E-state index in [0.717, 1.165) is 4.31 Å². The number of hydrogen-bond donors (Lipinski definition) is 3. The van der Waals surface area contributed by atoms with Crippen molar-refractivity contribution in [1.29, 1.82) is 0 Å². The van der Waals surface area contributed by atoms with Crippen LogP contribution in [0.2, 0.25) is 0 Å². The number of primary sulfonamides is 1. The minimum atomic E-state index is -3.65. The summed E-state index contributed by atoms with van der Waals surface area (Å²) in [5.74, 6) is -0.434. The van der Waals surface area contributed by atoms with Gasteiger partial charge in [0.1, 0.15) is 0 Å². The molecule has 0 heterocycles. The van der Waals surface area contributed by atoms with Crippen LogP contribution >= 0.6 is 0 Å². The molecule has 0 saturated carbocycles. The van der Waals surface area contributed by atoms with Crippen molar-refractivity contribution >= 4 is 20.2 Å². The third-order valence-electron chi connectivity index (χ3n) is 1.76. The first-order valence-corrected chi connectivity index (χ1v) is 7.76. The van der Waals surface area contributed by atoms with Crippen LogP contribution in [0.1, 0.15) is 6.42 Å². The van der Waals surface area contributed by atoms with Gasteiger partial charge in [-0.1, -0.05) is 0 Å². The Labute approximate surface area is 96.2 Å². The number of hydrogen-bond acceptors (Lipinski definition) is 5. The summed E-state index contributed by atoms with van der Waals surface area (Å²) in [4.78, 5) is 0. The van der Waals surface area contributed by atoms with Gasteiger partial charge in [0.25, 0.3) is 10.2 Å². The lowest BCUT2D eigenvalue weighted by Crippen LogP contribution is -2.41. The molecule has 0 spiro atoms. The molecule has 98 valence electrons. The van der Waals surface area contributed by atoms with Crippen molar-refractivity contribution in [2.24, 2.45) is 10.9 Å². The lowest BCUT2D eigenvalue weighted by Gasteiger charge is -2.16. The van der Waals surface area contributed by atoms with Crippen LogP contribution in [0.4, 0.5) is 0 Å². The molecule has 0 amide bonds. The van der Waals surface area contributed by atoms with Gasteiger partial charge in [-0.15, -0.1) is 0 Å². The van der Waals surface area contributed by atoms with Crippen LogP contribution in [-0.2, 0) is 20.2 Å². The Morgan fingerprint density at radius 1 is 1.25 bits per heavy atom. The van der Waals surface area contributed by atoms with Crippen molar-refractivity contribution < 1.29 is 16.8 Å². The van der Waals surface area contributed by atoms with Crippen LogP contribution < -0.4 is 15.6 Å². The van der Waals surface area contributed by atoms with Crippen molar-refractivity contribution in [2.45, 2.75) is 6.42 Å². The summed E-state index contributed by atoms with van der Waals surface area (Å²) in [6, 6.07) is 0. The molecule has 16 heavy (non-hydrogen) atoms. The Balaban J connectivity index is 4.15. The number of nitrogens with zero attached hydrogens (tertiary/aromatic N) is 1. The maximum absolute atomic E-state index is 11.5. The molecule has 0 fully saturated rings. The second kappa shape index (κ2) is 6.47. The van der Waals surface area contributed by atoms with Gasteiger partial charge in [-0.2, -0.15) is 12.7 Å². The molecular formula is C6H18N4O4S2. The Morgan fingerprint density at radius 3 is 2.25 bits per heavy atom. The second-order valence-corrected chi connectivity index (χ2v) is 6.83. The highest BCUT2D eigenvalue weighted by molar-refractivity contribution is 7.89. The fourth-order valence-electron chi connectivity index (χ4n) is 0.857. The van der Waals surface area contributed by atoms with Crippen molar-refractivity contribution in [3.8, 4) is 0 Å². The highest BCUT2D eigenvalue weighted by Crippen LogP contribution is 1.94. The van der Waals surface area contributed by atoms with Gasteiger partial charge in [0.05, 0.1) is 5.75 Å². The molecule has 0 bridgehead atoms. The van der Waals surface area contributed by atoms with Gasteiger partial charge in [0.15, 0.2) is 0 Å². The Kier molecular flexibility index (Phi) is 6.36. The molecule has 0 aromatic rings. The Morgan fingerprint density at radius 2 is 1.81 bits per heavy atom. The average molecular weight is 274 g/mol. The topological polar surface area (TPSA) is 136 Å². The van der Waals surface area contributed by atoms with Gasteiger partial charge < -0.3 is 5.73 Å².